The Morgan fingerprint density at radius 1 is 1.16 bits per heavy atom. The predicted octanol–water partition coefficient (Wildman–Crippen LogP) is 3.19. The van der Waals surface area contributed by atoms with Crippen LogP contribution in [-0.2, 0) is 6.54 Å². The minimum atomic E-state index is 0.105. The highest BCUT2D eigenvalue weighted by molar-refractivity contribution is 6.30. The lowest BCUT2D eigenvalue weighted by Crippen LogP contribution is -2.45. The molecule has 1 aliphatic heterocycles. The first-order valence-corrected chi connectivity index (χ1v) is 8.56. The van der Waals surface area contributed by atoms with Crippen LogP contribution in [0.2, 0.25) is 5.02 Å². The number of methoxy groups -OCH3 is 1. The van der Waals surface area contributed by atoms with Gasteiger partial charge in [-0.05, 0) is 36.4 Å². The number of nitrogens with zero attached hydrogens (tertiary/aromatic N) is 2. The number of carbonyl (C=O) groups is 1. The highest BCUT2D eigenvalue weighted by Gasteiger charge is 2.20. The number of aromatic hydroxyl groups is 1. The average molecular weight is 361 g/mol. The molecule has 0 amide bonds. The van der Waals surface area contributed by atoms with Crippen LogP contribution >= 0.6 is 11.6 Å². The summed E-state index contributed by atoms with van der Waals surface area (Å²) in [5.41, 5.74) is 2.38. The van der Waals surface area contributed by atoms with Gasteiger partial charge in [0, 0.05) is 54.6 Å². The van der Waals surface area contributed by atoms with Crippen molar-refractivity contribution in [3.8, 4) is 11.5 Å². The highest BCUT2D eigenvalue weighted by atomic mass is 35.5. The van der Waals surface area contributed by atoms with Gasteiger partial charge in [-0.3, -0.25) is 9.69 Å². The minimum absolute atomic E-state index is 0.105. The molecular weight excluding hydrogens is 340 g/mol. The number of phenols is 1. The van der Waals surface area contributed by atoms with E-state index in [-0.39, 0.29) is 5.75 Å². The zero-order chi connectivity index (χ0) is 17.8. The second-order valence-corrected chi connectivity index (χ2v) is 6.52. The summed E-state index contributed by atoms with van der Waals surface area (Å²) in [5, 5.41) is 11.0. The molecule has 25 heavy (non-hydrogen) atoms. The maximum atomic E-state index is 11.1. The van der Waals surface area contributed by atoms with Gasteiger partial charge >= 0.3 is 0 Å². The van der Waals surface area contributed by atoms with Crippen molar-refractivity contribution in [3.05, 3.63) is 52.5 Å². The summed E-state index contributed by atoms with van der Waals surface area (Å²) in [4.78, 5) is 15.7. The molecule has 2 aromatic rings. The van der Waals surface area contributed by atoms with Crippen LogP contribution in [0.3, 0.4) is 0 Å². The quantitative estimate of drug-likeness (QED) is 0.830. The van der Waals surface area contributed by atoms with Gasteiger partial charge in [-0.25, -0.2) is 0 Å². The second kappa shape index (κ2) is 7.76. The van der Waals surface area contributed by atoms with E-state index in [0.717, 1.165) is 43.2 Å². The van der Waals surface area contributed by atoms with Crippen LogP contribution in [0.4, 0.5) is 5.69 Å². The number of rotatable bonds is 5. The standard InChI is InChI=1S/C19H21ClN2O3/c1-25-18-11-14(13-23)10-15(19(18)24)12-21-6-8-22(9-7-21)17-4-2-16(20)3-5-17/h2-5,10-11,13,24H,6-9,12H2,1H3. The zero-order valence-electron chi connectivity index (χ0n) is 14.1. The molecule has 0 radical (unpaired) electrons. The molecule has 1 saturated heterocycles. The number of ether oxygens (including phenoxy) is 1. The largest absolute Gasteiger partial charge is 0.504 e. The van der Waals surface area contributed by atoms with Gasteiger partial charge < -0.3 is 14.7 Å². The number of hydrogen-bond acceptors (Lipinski definition) is 5. The van der Waals surface area contributed by atoms with Crippen molar-refractivity contribution in [2.75, 3.05) is 38.2 Å². The van der Waals surface area contributed by atoms with E-state index in [9.17, 15) is 9.90 Å². The Morgan fingerprint density at radius 3 is 2.44 bits per heavy atom. The van der Waals surface area contributed by atoms with Crippen LogP contribution in [0.5, 0.6) is 11.5 Å². The van der Waals surface area contributed by atoms with Crippen molar-refractivity contribution in [2.45, 2.75) is 6.54 Å². The lowest BCUT2D eigenvalue weighted by molar-refractivity contribution is 0.112. The van der Waals surface area contributed by atoms with Crippen LogP contribution < -0.4 is 9.64 Å². The number of anilines is 1. The molecule has 5 nitrogen and oxygen atoms in total. The SMILES string of the molecule is COc1cc(C=O)cc(CN2CCN(c3ccc(Cl)cc3)CC2)c1O. The van der Waals surface area contributed by atoms with E-state index >= 15 is 0 Å². The fourth-order valence-electron chi connectivity index (χ4n) is 3.09. The van der Waals surface area contributed by atoms with Crippen LogP contribution in [0.15, 0.2) is 36.4 Å². The molecule has 3 rings (SSSR count). The maximum absolute atomic E-state index is 11.1. The van der Waals surface area contributed by atoms with Crippen LogP contribution in [-0.4, -0.2) is 49.6 Å². The Balaban J connectivity index is 1.66. The van der Waals surface area contributed by atoms with Crippen molar-refractivity contribution in [1.82, 2.24) is 4.90 Å². The zero-order valence-corrected chi connectivity index (χ0v) is 14.9. The Labute approximate surface area is 152 Å². The molecule has 0 saturated carbocycles. The molecule has 0 spiro atoms. The molecule has 1 N–H and O–H groups in total. The molecule has 1 heterocycles. The third-order valence-electron chi connectivity index (χ3n) is 4.49. The van der Waals surface area contributed by atoms with Crippen molar-refractivity contribution >= 4 is 23.6 Å². The molecule has 0 atom stereocenters. The molecule has 0 aliphatic carbocycles. The highest BCUT2D eigenvalue weighted by Crippen LogP contribution is 2.32. The number of phenolic OH excluding ortho intramolecular Hbond substituents is 1. The first-order valence-electron chi connectivity index (χ1n) is 8.18. The van der Waals surface area contributed by atoms with Crippen molar-refractivity contribution in [2.24, 2.45) is 0 Å². The smallest absolute Gasteiger partial charge is 0.162 e. The van der Waals surface area contributed by atoms with Crippen molar-refractivity contribution in [1.29, 1.82) is 0 Å². The van der Waals surface area contributed by atoms with E-state index in [4.69, 9.17) is 16.3 Å². The van der Waals surface area contributed by atoms with E-state index in [1.54, 1.807) is 12.1 Å². The van der Waals surface area contributed by atoms with E-state index in [1.165, 1.54) is 7.11 Å². The van der Waals surface area contributed by atoms with Crippen LogP contribution in [0.25, 0.3) is 0 Å². The molecule has 0 bridgehead atoms. The van der Waals surface area contributed by atoms with E-state index in [0.29, 0.717) is 23.4 Å². The van der Waals surface area contributed by atoms with Gasteiger partial charge in [0.1, 0.15) is 6.29 Å². The normalized spacial score (nSPS) is 15.2. The Morgan fingerprint density at radius 2 is 1.84 bits per heavy atom. The summed E-state index contributed by atoms with van der Waals surface area (Å²) in [6.45, 7) is 4.11. The van der Waals surface area contributed by atoms with Gasteiger partial charge in [-0.15, -0.1) is 0 Å². The summed E-state index contributed by atoms with van der Waals surface area (Å²) < 4.78 is 5.16. The third-order valence-corrected chi connectivity index (χ3v) is 4.74. The molecule has 1 aliphatic rings. The molecular formula is C19H21ClN2O3. The van der Waals surface area contributed by atoms with Crippen molar-refractivity contribution in [3.63, 3.8) is 0 Å². The van der Waals surface area contributed by atoms with Gasteiger partial charge in [-0.2, -0.15) is 0 Å². The topological polar surface area (TPSA) is 53.0 Å². The fraction of sp³-hybridized carbons (Fsp3) is 0.316. The van der Waals surface area contributed by atoms with Crippen molar-refractivity contribution < 1.29 is 14.6 Å². The Bertz CT molecular complexity index is 741. The number of carbonyl (C=O) groups excluding carboxylic acids is 1. The number of aldehydes is 1. The van der Waals surface area contributed by atoms with E-state index < -0.39 is 0 Å². The number of benzene rings is 2. The molecule has 1 fully saturated rings. The molecule has 6 heteroatoms. The van der Waals surface area contributed by atoms with E-state index in [2.05, 4.69) is 9.80 Å². The monoisotopic (exact) mass is 360 g/mol. The number of hydrogen-bond donors (Lipinski definition) is 1. The maximum Gasteiger partial charge on any atom is 0.162 e. The van der Waals surface area contributed by atoms with Gasteiger partial charge in [0.2, 0.25) is 0 Å². The summed E-state index contributed by atoms with van der Waals surface area (Å²) in [6, 6.07) is 11.1. The first-order chi connectivity index (χ1) is 12.1. The number of halogens is 1. The Hall–Kier alpha value is -2.24. The van der Waals surface area contributed by atoms with Crippen LogP contribution in [0.1, 0.15) is 15.9 Å². The molecule has 2 aromatic carbocycles. The molecule has 0 aromatic heterocycles. The average Bonchev–Trinajstić information content (AvgIpc) is 2.64. The minimum Gasteiger partial charge on any atom is -0.504 e. The predicted molar refractivity (Wildman–Crippen MR) is 99.0 cm³/mol. The second-order valence-electron chi connectivity index (χ2n) is 6.09. The summed E-state index contributed by atoms with van der Waals surface area (Å²) in [7, 11) is 1.48. The lowest BCUT2D eigenvalue weighted by atomic mass is 10.1. The lowest BCUT2D eigenvalue weighted by Gasteiger charge is -2.36. The van der Waals surface area contributed by atoms with Crippen LogP contribution in [0, 0.1) is 0 Å². The summed E-state index contributed by atoms with van der Waals surface area (Å²) in [6.07, 6.45) is 0.768. The third kappa shape index (κ3) is 4.06. The molecule has 132 valence electrons. The molecule has 0 unspecified atom stereocenters. The van der Waals surface area contributed by atoms with Gasteiger partial charge in [0.25, 0.3) is 0 Å². The summed E-state index contributed by atoms with van der Waals surface area (Å²) in [5.74, 6) is 0.438. The van der Waals surface area contributed by atoms with Gasteiger partial charge in [-0.1, -0.05) is 11.6 Å². The number of piperazine rings is 1. The van der Waals surface area contributed by atoms with Gasteiger partial charge in [0.05, 0.1) is 7.11 Å². The fourth-order valence-corrected chi connectivity index (χ4v) is 3.22. The van der Waals surface area contributed by atoms with Gasteiger partial charge in [0.15, 0.2) is 11.5 Å². The first kappa shape index (κ1) is 17.6. The Kier molecular flexibility index (Phi) is 5.46. The summed E-state index contributed by atoms with van der Waals surface area (Å²) >= 11 is 5.94. The van der Waals surface area contributed by atoms with E-state index in [1.807, 2.05) is 24.3 Å².